The van der Waals surface area contributed by atoms with Crippen LogP contribution in [0.3, 0.4) is 0 Å². The Morgan fingerprint density at radius 2 is 2.00 bits per heavy atom. The van der Waals surface area contributed by atoms with Crippen molar-refractivity contribution in [3.63, 3.8) is 0 Å². The predicted octanol–water partition coefficient (Wildman–Crippen LogP) is 2.22. The zero-order valence-corrected chi connectivity index (χ0v) is 11.6. The average molecular weight is 267 g/mol. The van der Waals surface area contributed by atoms with Crippen molar-refractivity contribution in [3.05, 3.63) is 53.9 Å². The lowest BCUT2D eigenvalue weighted by molar-refractivity contribution is 0.682. The molecule has 0 saturated heterocycles. The highest BCUT2D eigenvalue weighted by Gasteiger charge is 2.12. The van der Waals surface area contributed by atoms with E-state index in [1.165, 1.54) is 11.1 Å². The van der Waals surface area contributed by atoms with Gasteiger partial charge in [-0.1, -0.05) is 24.3 Å². The molecule has 1 aromatic carbocycles. The van der Waals surface area contributed by atoms with Gasteiger partial charge in [-0.15, -0.1) is 0 Å². The quantitative estimate of drug-likeness (QED) is 0.791. The van der Waals surface area contributed by atoms with Crippen molar-refractivity contribution in [2.75, 3.05) is 5.73 Å². The summed E-state index contributed by atoms with van der Waals surface area (Å²) in [6.07, 6.45) is 3.61. The van der Waals surface area contributed by atoms with Crippen LogP contribution in [0.5, 0.6) is 0 Å². The number of rotatable bonds is 3. The minimum Gasteiger partial charge on any atom is -0.396 e. The molecule has 0 fully saturated rings. The number of aryl methyl sites for hydroxylation is 2. The zero-order valence-electron chi connectivity index (χ0n) is 11.6. The van der Waals surface area contributed by atoms with Gasteiger partial charge in [0, 0.05) is 19.4 Å². The van der Waals surface area contributed by atoms with Crippen LogP contribution in [0.2, 0.25) is 0 Å². The number of nitrogens with zero attached hydrogens (tertiary/aromatic N) is 4. The lowest BCUT2D eigenvalue weighted by Gasteiger charge is -2.05. The standard InChI is InChI=1S/C15H17N5/c1-11-5-3-4-6-12(11)9-20-10-13(16)15(18-20)14-7-8-17-19(14)2/h3-8,10H,9,16H2,1-2H3. The van der Waals surface area contributed by atoms with Gasteiger partial charge < -0.3 is 5.73 Å². The summed E-state index contributed by atoms with van der Waals surface area (Å²) >= 11 is 0. The van der Waals surface area contributed by atoms with Crippen LogP contribution in [-0.2, 0) is 13.6 Å². The second kappa shape index (κ2) is 4.85. The second-order valence-electron chi connectivity index (χ2n) is 4.90. The highest BCUT2D eigenvalue weighted by Crippen LogP contribution is 2.23. The molecule has 0 saturated carbocycles. The first-order chi connectivity index (χ1) is 9.65. The topological polar surface area (TPSA) is 61.7 Å². The third-order valence-electron chi connectivity index (χ3n) is 3.45. The van der Waals surface area contributed by atoms with E-state index in [1.54, 1.807) is 10.9 Å². The molecule has 0 spiro atoms. The molecular weight excluding hydrogens is 250 g/mol. The van der Waals surface area contributed by atoms with Crippen molar-refractivity contribution in [2.45, 2.75) is 13.5 Å². The fourth-order valence-corrected chi connectivity index (χ4v) is 2.29. The minimum absolute atomic E-state index is 0.669. The normalized spacial score (nSPS) is 10.9. The summed E-state index contributed by atoms with van der Waals surface area (Å²) < 4.78 is 3.65. The Kier molecular flexibility index (Phi) is 3.02. The smallest absolute Gasteiger partial charge is 0.133 e. The second-order valence-corrected chi connectivity index (χ2v) is 4.90. The van der Waals surface area contributed by atoms with Gasteiger partial charge in [0.15, 0.2) is 0 Å². The van der Waals surface area contributed by atoms with Crippen molar-refractivity contribution in [3.8, 4) is 11.4 Å². The van der Waals surface area contributed by atoms with Crippen molar-refractivity contribution in [2.24, 2.45) is 7.05 Å². The molecule has 5 heteroatoms. The lowest BCUT2D eigenvalue weighted by Crippen LogP contribution is -2.02. The molecule has 2 heterocycles. The van der Waals surface area contributed by atoms with Crippen LogP contribution < -0.4 is 5.73 Å². The molecule has 2 aromatic heterocycles. The minimum atomic E-state index is 0.669. The van der Waals surface area contributed by atoms with Crippen molar-refractivity contribution in [1.82, 2.24) is 19.6 Å². The Bertz CT molecular complexity index is 738. The molecule has 3 aromatic rings. The molecule has 20 heavy (non-hydrogen) atoms. The molecule has 0 aliphatic heterocycles. The third-order valence-corrected chi connectivity index (χ3v) is 3.45. The van der Waals surface area contributed by atoms with Crippen LogP contribution >= 0.6 is 0 Å². The van der Waals surface area contributed by atoms with Crippen LogP contribution in [0.25, 0.3) is 11.4 Å². The molecule has 3 rings (SSSR count). The molecule has 0 amide bonds. The summed E-state index contributed by atoms with van der Waals surface area (Å²) in [4.78, 5) is 0. The Hall–Kier alpha value is -2.56. The van der Waals surface area contributed by atoms with Crippen LogP contribution in [0.1, 0.15) is 11.1 Å². The molecule has 0 unspecified atom stereocenters. The fraction of sp³-hybridized carbons (Fsp3) is 0.200. The largest absolute Gasteiger partial charge is 0.396 e. The van der Waals surface area contributed by atoms with Crippen LogP contribution in [-0.4, -0.2) is 19.6 Å². The summed E-state index contributed by atoms with van der Waals surface area (Å²) in [5, 5.41) is 8.73. The Balaban J connectivity index is 1.94. The van der Waals surface area contributed by atoms with Gasteiger partial charge in [-0.2, -0.15) is 10.2 Å². The first-order valence-electron chi connectivity index (χ1n) is 6.51. The summed E-state index contributed by atoms with van der Waals surface area (Å²) in [6.45, 7) is 2.82. The van der Waals surface area contributed by atoms with Gasteiger partial charge in [0.25, 0.3) is 0 Å². The van der Waals surface area contributed by atoms with Gasteiger partial charge in [0.1, 0.15) is 5.69 Å². The number of hydrogen-bond donors (Lipinski definition) is 1. The molecule has 0 aliphatic carbocycles. The highest BCUT2D eigenvalue weighted by atomic mass is 15.3. The molecular formula is C15H17N5. The van der Waals surface area contributed by atoms with Crippen LogP contribution in [0.15, 0.2) is 42.7 Å². The van der Waals surface area contributed by atoms with E-state index < -0.39 is 0 Å². The number of benzene rings is 1. The maximum Gasteiger partial charge on any atom is 0.133 e. The first kappa shape index (κ1) is 12.5. The van der Waals surface area contributed by atoms with Gasteiger partial charge in [-0.25, -0.2) is 0 Å². The summed E-state index contributed by atoms with van der Waals surface area (Å²) in [7, 11) is 1.88. The van der Waals surface area contributed by atoms with Gasteiger partial charge in [-0.05, 0) is 24.1 Å². The Morgan fingerprint density at radius 3 is 2.70 bits per heavy atom. The number of anilines is 1. The number of nitrogens with two attached hydrogens (primary N) is 1. The molecule has 0 bridgehead atoms. The number of hydrogen-bond acceptors (Lipinski definition) is 3. The van der Waals surface area contributed by atoms with Crippen molar-refractivity contribution >= 4 is 5.69 Å². The predicted molar refractivity (Wildman–Crippen MR) is 79.1 cm³/mol. The molecule has 0 aliphatic rings. The van der Waals surface area contributed by atoms with E-state index in [0.29, 0.717) is 12.2 Å². The van der Waals surface area contributed by atoms with Gasteiger partial charge >= 0.3 is 0 Å². The van der Waals surface area contributed by atoms with Crippen molar-refractivity contribution in [1.29, 1.82) is 0 Å². The van der Waals surface area contributed by atoms with E-state index in [-0.39, 0.29) is 0 Å². The molecule has 0 atom stereocenters. The number of nitrogen functional groups attached to an aromatic ring is 1. The zero-order chi connectivity index (χ0) is 14.1. The van der Waals surface area contributed by atoms with Crippen LogP contribution in [0.4, 0.5) is 5.69 Å². The molecule has 5 nitrogen and oxygen atoms in total. The van der Waals surface area contributed by atoms with Gasteiger partial charge in [0.2, 0.25) is 0 Å². The lowest BCUT2D eigenvalue weighted by atomic mass is 10.1. The molecule has 2 N–H and O–H groups in total. The van der Waals surface area contributed by atoms with Gasteiger partial charge in [0.05, 0.1) is 17.9 Å². The van der Waals surface area contributed by atoms with E-state index in [2.05, 4.69) is 29.3 Å². The SMILES string of the molecule is Cc1ccccc1Cn1cc(N)c(-c2ccnn2C)n1. The fourth-order valence-electron chi connectivity index (χ4n) is 2.29. The monoisotopic (exact) mass is 267 g/mol. The van der Waals surface area contributed by atoms with E-state index in [4.69, 9.17) is 5.73 Å². The van der Waals surface area contributed by atoms with E-state index in [1.807, 2.05) is 36.1 Å². The third kappa shape index (κ3) is 2.18. The van der Waals surface area contributed by atoms with E-state index >= 15 is 0 Å². The van der Waals surface area contributed by atoms with Gasteiger partial charge in [-0.3, -0.25) is 9.36 Å². The van der Waals surface area contributed by atoms with Crippen molar-refractivity contribution < 1.29 is 0 Å². The summed E-state index contributed by atoms with van der Waals surface area (Å²) in [5.41, 5.74) is 10.9. The average Bonchev–Trinajstić information content (AvgIpc) is 2.98. The highest BCUT2D eigenvalue weighted by molar-refractivity contribution is 5.69. The van der Waals surface area contributed by atoms with E-state index in [9.17, 15) is 0 Å². The Morgan fingerprint density at radius 1 is 1.20 bits per heavy atom. The maximum atomic E-state index is 6.07. The number of aromatic nitrogens is 4. The first-order valence-corrected chi connectivity index (χ1v) is 6.51. The van der Waals surface area contributed by atoms with E-state index in [0.717, 1.165) is 11.4 Å². The molecule has 0 radical (unpaired) electrons. The van der Waals surface area contributed by atoms with Crippen LogP contribution in [0, 0.1) is 6.92 Å². The summed E-state index contributed by atoms with van der Waals surface area (Å²) in [6, 6.07) is 10.2. The molecule has 102 valence electrons. The summed E-state index contributed by atoms with van der Waals surface area (Å²) in [5.74, 6) is 0. The Labute approximate surface area is 117 Å². The maximum absolute atomic E-state index is 6.07.